The number of imide groups is 1. The quantitative estimate of drug-likeness (QED) is 0.303. The minimum Gasteiger partial charge on any atom is -0.325 e. The maximum Gasteiger partial charge on any atom is 0.271 e. The van der Waals surface area contributed by atoms with E-state index < -0.39 is 4.92 Å². The summed E-state index contributed by atoms with van der Waals surface area (Å²) in [7, 11) is 0. The zero-order valence-electron chi connectivity index (χ0n) is 15.4. The normalized spacial score (nSPS) is 12.8. The summed E-state index contributed by atoms with van der Waals surface area (Å²) >= 11 is 5.96. The lowest BCUT2D eigenvalue weighted by atomic mass is 10.1. The van der Waals surface area contributed by atoms with Gasteiger partial charge in [0.2, 0.25) is 5.91 Å². The van der Waals surface area contributed by atoms with Crippen LogP contribution in [-0.4, -0.2) is 34.1 Å². The van der Waals surface area contributed by atoms with Gasteiger partial charge in [-0.3, -0.25) is 29.4 Å². The molecule has 0 radical (unpaired) electrons. The fraction of sp³-hybridized carbons (Fsp3) is 0.250. The first-order chi connectivity index (χ1) is 13.9. The van der Waals surface area contributed by atoms with Crippen molar-refractivity contribution in [2.45, 2.75) is 25.7 Å². The number of carbonyl (C=O) groups is 3. The van der Waals surface area contributed by atoms with Crippen molar-refractivity contribution in [1.82, 2.24) is 4.90 Å². The molecule has 0 atom stereocenters. The van der Waals surface area contributed by atoms with E-state index in [9.17, 15) is 24.5 Å². The minimum absolute atomic E-state index is 0.161. The Morgan fingerprint density at radius 3 is 2.31 bits per heavy atom. The van der Waals surface area contributed by atoms with E-state index >= 15 is 0 Å². The first kappa shape index (κ1) is 20.5. The molecule has 8 nitrogen and oxygen atoms in total. The lowest BCUT2D eigenvalue weighted by molar-refractivity contribution is -0.384. The molecule has 3 rings (SSSR count). The van der Waals surface area contributed by atoms with Crippen LogP contribution in [0.5, 0.6) is 0 Å². The average molecular weight is 416 g/mol. The number of rotatable bonds is 8. The van der Waals surface area contributed by atoms with Crippen LogP contribution < -0.4 is 5.32 Å². The molecule has 0 bridgehead atoms. The second-order valence-corrected chi connectivity index (χ2v) is 6.99. The van der Waals surface area contributed by atoms with Gasteiger partial charge in [0.15, 0.2) is 0 Å². The monoisotopic (exact) mass is 415 g/mol. The molecule has 0 unspecified atom stereocenters. The maximum absolute atomic E-state index is 12.3. The molecule has 2 aromatic rings. The Bertz CT molecular complexity index is 957. The van der Waals surface area contributed by atoms with Crippen LogP contribution in [0.25, 0.3) is 0 Å². The molecule has 0 saturated heterocycles. The fourth-order valence-electron chi connectivity index (χ4n) is 3.11. The predicted molar refractivity (Wildman–Crippen MR) is 107 cm³/mol. The molecule has 29 heavy (non-hydrogen) atoms. The number of amides is 3. The molecule has 0 aliphatic carbocycles. The molecule has 9 heteroatoms. The maximum atomic E-state index is 12.3. The standard InChI is InChI=1S/C20H18ClN3O5/c21-16-10-9-13(24(28)29)12-17(16)22-18(25)8-2-1-5-11-23-19(26)14-6-3-4-7-15(14)20(23)27/h3-4,6-7,9-10,12H,1-2,5,8,11H2,(H,22,25). The second-order valence-electron chi connectivity index (χ2n) is 6.59. The number of nitrogens with zero attached hydrogens (tertiary/aromatic N) is 2. The predicted octanol–water partition coefficient (Wildman–Crippen LogP) is 4.04. The number of nitrogens with one attached hydrogen (secondary N) is 1. The van der Waals surface area contributed by atoms with Gasteiger partial charge in [-0.1, -0.05) is 30.2 Å². The zero-order chi connectivity index (χ0) is 21.0. The number of benzene rings is 2. The third kappa shape index (κ3) is 4.60. The number of halogens is 1. The Balaban J connectivity index is 1.43. The van der Waals surface area contributed by atoms with Crippen molar-refractivity contribution in [1.29, 1.82) is 0 Å². The topological polar surface area (TPSA) is 110 Å². The van der Waals surface area contributed by atoms with E-state index in [0.717, 1.165) is 0 Å². The second kappa shape index (κ2) is 8.83. The molecule has 0 saturated carbocycles. The van der Waals surface area contributed by atoms with E-state index in [1.165, 1.54) is 23.1 Å². The minimum atomic E-state index is -0.564. The van der Waals surface area contributed by atoms with Gasteiger partial charge in [0.1, 0.15) is 0 Å². The van der Waals surface area contributed by atoms with Crippen molar-refractivity contribution in [3.63, 3.8) is 0 Å². The smallest absolute Gasteiger partial charge is 0.271 e. The highest BCUT2D eigenvalue weighted by molar-refractivity contribution is 6.33. The van der Waals surface area contributed by atoms with Crippen LogP contribution in [0.4, 0.5) is 11.4 Å². The third-order valence-electron chi connectivity index (χ3n) is 4.60. The summed E-state index contributed by atoms with van der Waals surface area (Å²) in [5.74, 6) is -0.888. The van der Waals surface area contributed by atoms with Crippen molar-refractivity contribution in [3.8, 4) is 0 Å². The van der Waals surface area contributed by atoms with Gasteiger partial charge in [0, 0.05) is 25.1 Å². The summed E-state index contributed by atoms with van der Waals surface area (Å²) in [6.45, 7) is 0.296. The molecule has 1 aliphatic rings. The van der Waals surface area contributed by atoms with Gasteiger partial charge >= 0.3 is 0 Å². The number of nitro benzene ring substituents is 1. The van der Waals surface area contributed by atoms with Gasteiger partial charge in [0.25, 0.3) is 17.5 Å². The molecule has 2 aromatic carbocycles. The highest BCUT2D eigenvalue weighted by atomic mass is 35.5. The third-order valence-corrected chi connectivity index (χ3v) is 4.93. The van der Waals surface area contributed by atoms with Crippen LogP contribution in [0.1, 0.15) is 46.4 Å². The van der Waals surface area contributed by atoms with E-state index in [4.69, 9.17) is 11.6 Å². The summed E-state index contributed by atoms with van der Waals surface area (Å²) in [6.07, 6.45) is 1.96. The molecule has 3 amide bonds. The van der Waals surface area contributed by atoms with Gasteiger partial charge in [-0.25, -0.2) is 0 Å². The van der Waals surface area contributed by atoms with Crippen LogP contribution in [0, 0.1) is 10.1 Å². The molecule has 1 N–H and O–H groups in total. The number of hydrogen-bond donors (Lipinski definition) is 1. The van der Waals surface area contributed by atoms with Crippen molar-refractivity contribution < 1.29 is 19.3 Å². The molecular weight excluding hydrogens is 398 g/mol. The molecule has 1 aliphatic heterocycles. The first-order valence-corrected chi connectivity index (χ1v) is 9.45. The molecule has 0 aromatic heterocycles. The van der Waals surface area contributed by atoms with Crippen molar-refractivity contribution in [2.24, 2.45) is 0 Å². The molecule has 0 fully saturated rings. The van der Waals surface area contributed by atoms with Gasteiger partial charge in [0.05, 0.1) is 26.8 Å². The number of nitro groups is 1. The summed E-state index contributed by atoms with van der Waals surface area (Å²) < 4.78 is 0. The average Bonchev–Trinajstić information content (AvgIpc) is 2.94. The van der Waals surface area contributed by atoms with Crippen LogP contribution in [0.2, 0.25) is 5.02 Å². The number of hydrogen-bond acceptors (Lipinski definition) is 5. The molecular formula is C20H18ClN3O5. The Hall–Kier alpha value is -3.26. The Labute approximate surface area is 171 Å². The highest BCUT2D eigenvalue weighted by Crippen LogP contribution is 2.27. The van der Waals surface area contributed by atoms with Crippen molar-refractivity contribution >= 4 is 40.7 Å². The zero-order valence-corrected chi connectivity index (χ0v) is 16.1. The molecule has 150 valence electrons. The number of unbranched alkanes of at least 4 members (excludes halogenated alkanes) is 2. The highest BCUT2D eigenvalue weighted by Gasteiger charge is 2.34. The Morgan fingerprint density at radius 2 is 1.69 bits per heavy atom. The summed E-state index contributed by atoms with van der Waals surface area (Å²) in [5.41, 5.74) is 0.874. The van der Waals surface area contributed by atoms with E-state index in [1.54, 1.807) is 24.3 Å². The van der Waals surface area contributed by atoms with Gasteiger partial charge in [-0.15, -0.1) is 0 Å². The van der Waals surface area contributed by atoms with Crippen molar-refractivity contribution in [3.05, 3.63) is 68.7 Å². The first-order valence-electron chi connectivity index (χ1n) is 9.07. The van der Waals surface area contributed by atoms with E-state index in [-0.39, 0.29) is 40.5 Å². The summed E-state index contributed by atoms with van der Waals surface area (Å²) in [5, 5.41) is 13.6. The number of carbonyl (C=O) groups excluding carboxylic acids is 3. The van der Waals surface area contributed by atoms with Crippen LogP contribution >= 0.6 is 11.6 Å². The van der Waals surface area contributed by atoms with E-state index in [2.05, 4.69) is 5.32 Å². The Morgan fingerprint density at radius 1 is 1.03 bits per heavy atom. The van der Waals surface area contributed by atoms with Crippen LogP contribution in [-0.2, 0) is 4.79 Å². The fourth-order valence-corrected chi connectivity index (χ4v) is 3.27. The summed E-state index contributed by atoms with van der Waals surface area (Å²) in [4.78, 5) is 48.1. The molecule has 0 spiro atoms. The number of fused-ring (bicyclic) bond motifs is 1. The van der Waals surface area contributed by atoms with Gasteiger partial charge < -0.3 is 5.32 Å². The lowest BCUT2D eigenvalue weighted by Crippen LogP contribution is -2.30. The number of non-ortho nitro benzene ring substituents is 1. The van der Waals surface area contributed by atoms with Crippen LogP contribution in [0.3, 0.4) is 0 Å². The van der Waals surface area contributed by atoms with Crippen LogP contribution in [0.15, 0.2) is 42.5 Å². The Kier molecular flexibility index (Phi) is 6.23. The van der Waals surface area contributed by atoms with Gasteiger partial charge in [-0.2, -0.15) is 0 Å². The lowest BCUT2D eigenvalue weighted by Gasteiger charge is -2.13. The number of anilines is 1. The largest absolute Gasteiger partial charge is 0.325 e. The summed E-state index contributed by atoms with van der Waals surface area (Å²) in [6, 6.07) is 10.6. The van der Waals surface area contributed by atoms with E-state index in [1.807, 2.05) is 0 Å². The SMILES string of the molecule is O=C(CCCCCN1C(=O)c2ccccc2C1=O)Nc1cc([N+](=O)[O-])ccc1Cl. The van der Waals surface area contributed by atoms with Crippen molar-refractivity contribution in [2.75, 3.05) is 11.9 Å². The van der Waals surface area contributed by atoms with E-state index in [0.29, 0.717) is 36.9 Å². The van der Waals surface area contributed by atoms with Gasteiger partial charge in [-0.05, 0) is 31.0 Å². The molecule has 1 heterocycles.